The predicted octanol–water partition coefficient (Wildman–Crippen LogP) is 6.89. The van der Waals surface area contributed by atoms with Gasteiger partial charge in [0.1, 0.15) is 0 Å². The molecule has 2 nitrogen and oxygen atoms in total. The van der Waals surface area contributed by atoms with Crippen molar-refractivity contribution in [2.24, 2.45) is 10.1 Å². The zero-order chi connectivity index (χ0) is 20.3. The molecule has 2 N–H and O–H groups in total. The van der Waals surface area contributed by atoms with Gasteiger partial charge in [-0.1, -0.05) is 46.9 Å². The summed E-state index contributed by atoms with van der Waals surface area (Å²) in [5, 5.41) is -0.00905. The summed E-state index contributed by atoms with van der Waals surface area (Å²) in [5.41, 5.74) is 9.16. The Morgan fingerprint density at radius 2 is 1.79 bits per heavy atom. The highest BCUT2D eigenvalue weighted by Gasteiger charge is 2.60. The van der Waals surface area contributed by atoms with Gasteiger partial charge in [-0.05, 0) is 65.2 Å². The van der Waals surface area contributed by atoms with Gasteiger partial charge in [-0.3, -0.25) is 0 Å². The standard InChI is InChI=1S/C19H14Cl3F3N2S/c20-13-6-11(7-14(21)17(13)22)18(19(23,24)25)8-16(27-28-18)10-1-3-12-9(5-10)2-4-15(12)26/h1,3,5-7,15H,2,4,8,26H2. The first kappa shape index (κ1) is 20.4. The van der Waals surface area contributed by atoms with Crippen LogP contribution in [-0.2, 0) is 11.2 Å². The van der Waals surface area contributed by atoms with Gasteiger partial charge < -0.3 is 5.73 Å². The van der Waals surface area contributed by atoms with Crippen molar-refractivity contribution >= 4 is 52.5 Å². The highest BCUT2D eigenvalue weighted by molar-refractivity contribution is 7.99. The molecule has 0 spiro atoms. The summed E-state index contributed by atoms with van der Waals surface area (Å²) in [6.45, 7) is 0. The van der Waals surface area contributed by atoms with Gasteiger partial charge in [0.15, 0.2) is 4.75 Å². The Balaban J connectivity index is 1.73. The van der Waals surface area contributed by atoms with Crippen LogP contribution in [0, 0.1) is 0 Å². The van der Waals surface area contributed by atoms with E-state index in [9.17, 15) is 13.2 Å². The van der Waals surface area contributed by atoms with Gasteiger partial charge in [0.05, 0.1) is 20.8 Å². The number of hydrogen-bond donors (Lipinski definition) is 1. The molecule has 0 saturated carbocycles. The van der Waals surface area contributed by atoms with Gasteiger partial charge in [0, 0.05) is 12.5 Å². The van der Waals surface area contributed by atoms with Gasteiger partial charge in [-0.2, -0.15) is 13.2 Å². The molecule has 0 fully saturated rings. The number of aryl methyl sites for hydroxylation is 1. The third-order valence-electron chi connectivity index (χ3n) is 5.24. The molecule has 1 aliphatic carbocycles. The summed E-state index contributed by atoms with van der Waals surface area (Å²) in [7, 11) is 0. The van der Waals surface area contributed by atoms with Crippen molar-refractivity contribution in [3.05, 3.63) is 67.7 Å². The third-order valence-corrected chi connectivity index (χ3v) is 7.67. The molecular formula is C19H14Cl3F3N2S. The minimum atomic E-state index is -4.57. The number of hydrogen-bond acceptors (Lipinski definition) is 3. The highest BCUT2D eigenvalue weighted by Crippen LogP contribution is 2.57. The number of halogens is 6. The monoisotopic (exact) mass is 464 g/mol. The molecule has 2 atom stereocenters. The van der Waals surface area contributed by atoms with Crippen LogP contribution in [0.2, 0.25) is 15.1 Å². The van der Waals surface area contributed by atoms with Crippen LogP contribution in [0.3, 0.4) is 0 Å². The number of nitrogens with zero attached hydrogens (tertiary/aromatic N) is 1. The van der Waals surface area contributed by atoms with Crippen molar-refractivity contribution in [3.63, 3.8) is 0 Å². The van der Waals surface area contributed by atoms with Crippen LogP contribution in [-0.4, -0.2) is 11.9 Å². The second kappa shape index (κ2) is 7.10. The molecule has 0 bridgehead atoms. The smallest absolute Gasteiger partial charge is 0.324 e. The Morgan fingerprint density at radius 1 is 1.11 bits per heavy atom. The van der Waals surface area contributed by atoms with Crippen LogP contribution in [0.5, 0.6) is 0 Å². The molecule has 2 aromatic carbocycles. The van der Waals surface area contributed by atoms with Crippen LogP contribution in [0.25, 0.3) is 0 Å². The molecule has 2 aliphatic rings. The Kier molecular flexibility index (Phi) is 5.16. The maximum absolute atomic E-state index is 14.2. The van der Waals surface area contributed by atoms with Crippen LogP contribution in [0.15, 0.2) is 34.7 Å². The van der Waals surface area contributed by atoms with Crippen molar-refractivity contribution in [1.29, 1.82) is 0 Å². The van der Waals surface area contributed by atoms with Crippen LogP contribution in [0.1, 0.15) is 41.1 Å². The number of benzene rings is 2. The van der Waals surface area contributed by atoms with Crippen molar-refractivity contribution in [1.82, 2.24) is 0 Å². The zero-order valence-corrected chi connectivity index (χ0v) is 17.4. The normalized spacial score (nSPS) is 24.4. The zero-order valence-electron chi connectivity index (χ0n) is 14.3. The molecule has 0 amide bonds. The number of fused-ring (bicyclic) bond motifs is 1. The SMILES string of the molecule is NC1CCc2cc(C3=NSC(c4cc(Cl)c(Cl)c(Cl)c4)(C(F)(F)F)C3)ccc21. The fourth-order valence-electron chi connectivity index (χ4n) is 3.68. The van der Waals surface area contributed by atoms with Crippen molar-refractivity contribution in [2.45, 2.75) is 36.2 Å². The number of alkyl halides is 3. The van der Waals surface area contributed by atoms with Gasteiger partial charge in [-0.15, -0.1) is 0 Å². The Morgan fingerprint density at radius 3 is 2.43 bits per heavy atom. The first-order valence-electron chi connectivity index (χ1n) is 8.48. The van der Waals surface area contributed by atoms with Gasteiger partial charge in [0.2, 0.25) is 0 Å². The maximum atomic E-state index is 14.2. The average Bonchev–Trinajstić information content (AvgIpc) is 3.24. The van der Waals surface area contributed by atoms with E-state index in [1.165, 1.54) is 12.1 Å². The van der Waals surface area contributed by atoms with E-state index in [1.54, 1.807) is 6.07 Å². The minimum absolute atomic E-state index is 0.0171. The van der Waals surface area contributed by atoms with E-state index in [0.717, 1.165) is 24.0 Å². The van der Waals surface area contributed by atoms with Gasteiger partial charge >= 0.3 is 6.18 Å². The molecule has 148 valence electrons. The van der Waals surface area contributed by atoms with Crippen LogP contribution < -0.4 is 5.73 Å². The summed E-state index contributed by atoms with van der Waals surface area (Å²) < 4.78 is 44.5. The minimum Gasteiger partial charge on any atom is -0.324 e. The molecule has 4 rings (SSSR count). The van der Waals surface area contributed by atoms with Crippen molar-refractivity contribution < 1.29 is 13.2 Å². The number of nitrogens with two attached hydrogens (primary N) is 1. The molecule has 1 heterocycles. The first-order valence-corrected chi connectivity index (χ1v) is 10.4. The Labute approximate surface area is 179 Å². The summed E-state index contributed by atoms with van der Waals surface area (Å²) >= 11 is 18.4. The molecule has 2 unspecified atom stereocenters. The summed E-state index contributed by atoms with van der Waals surface area (Å²) in [6, 6.07) is 8.00. The highest BCUT2D eigenvalue weighted by atomic mass is 35.5. The quantitative estimate of drug-likeness (QED) is 0.387. The van der Waals surface area contributed by atoms with E-state index in [4.69, 9.17) is 40.5 Å². The molecule has 0 saturated heterocycles. The summed E-state index contributed by atoms with van der Waals surface area (Å²) in [4.78, 5) is 0. The van der Waals surface area contributed by atoms with E-state index in [1.807, 2.05) is 12.1 Å². The molecule has 0 aromatic heterocycles. The Hall–Kier alpha value is -0.920. The second-order valence-corrected chi connectivity index (χ2v) is 9.20. The van der Waals surface area contributed by atoms with Crippen LogP contribution in [0.4, 0.5) is 13.2 Å². The van der Waals surface area contributed by atoms with Crippen molar-refractivity contribution in [2.75, 3.05) is 0 Å². The maximum Gasteiger partial charge on any atom is 0.409 e. The average molecular weight is 466 g/mol. The predicted molar refractivity (Wildman–Crippen MR) is 110 cm³/mol. The van der Waals surface area contributed by atoms with Gasteiger partial charge in [0.25, 0.3) is 0 Å². The molecule has 0 radical (unpaired) electrons. The summed E-state index contributed by atoms with van der Waals surface area (Å²) in [5.74, 6) is 0. The van der Waals surface area contributed by atoms with E-state index in [0.29, 0.717) is 23.2 Å². The van der Waals surface area contributed by atoms with Gasteiger partial charge in [-0.25, -0.2) is 4.40 Å². The lowest BCUT2D eigenvalue weighted by atomic mass is 9.89. The third kappa shape index (κ3) is 3.23. The fourth-order valence-corrected chi connectivity index (χ4v) is 5.24. The molecule has 2 aromatic rings. The van der Waals surface area contributed by atoms with Crippen LogP contribution >= 0.6 is 46.8 Å². The number of rotatable bonds is 2. The van der Waals surface area contributed by atoms with E-state index < -0.39 is 10.9 Å². The van der Waals surface area contributed by atoms with E-state index >= 15 is 0 Å². The molecule has 1 aliphatic heterocycles. The second-order valence-electron chi connectivity index (χ2n) is 6.94. The molecular weight excluding hydrogens is 452 g/mol. The van der Waals surface area contributed by atoms with E-state index in [2.05, 4.69) is 4.40 Å². The lowest BCUT2D eigenvalue weighted by Crippen LogP contribution is -2.38. The fraction of sp³-hybridized carbons (Fsp3) is 0.316. The topological polar surface area (TPSA) is 38.4 Å². The largest absolute Gasteiger partial charge is 0.409 e. The first-order chi connectivity index (χ1) is 13.1. The molecule has 28 heavy (non-hydrogen) atoms. The Bertz CT molecular complexity index is 970. The molecule has 9 heteroatoms. The van der Waals surface area contributed by atoms with Crippen molar-refractivity contribution in [3.8, 4) is 0 Å². The lowest BCUT2D eigenvalue weighted by Gasteiger charge is -2.30. The summed E-state index contributed by atoms with van der Waals surface area (Å²) in [6.07, 6.45) is -3.23. The lowest BCUT2D eigenvalue weighted by molar-refractivity contribution is -0.159. The van der Waals surface area contributed by atoms with E-state index in [-0.39, 0.29) is 33.1 Å².